The Morgan fingerprint density at radius 1 is 0.553 bits per heavy atom. The fourth-order valence-corrected chi connectivity index (χ4v) is 3.63. The third kappa shape index (κ3) is 9.04. The Hall–Kier alpha value is -2.01. The van der Waals surface area contributed by atoms with Crippen LogP contribution in [0.1, 0.15) is 0 Å². The summed E-state index contributed by atoms with van der Waals surface area (Å²) < 4.78 is 104. The lowest BCUT2D eigenvalue weighted by Crippen LogP contribution is -2.30. The SMILES string of the molecule is Fc1cc(Br)ccc1-c1cc(F)c(F)c(F)c1.Fc1cc(Br)ccc1I.OB(O)c1cc(F)c(F)c(F)c1. The van der Waals surface area contributed by atoms with E-state index < -0.39 is 53.3 Å². The van der Waals surface area contributed by atoms with Gasteiger partial charge < -0.3 is 10.0 Å². The first-order valence-corrected chi connectivity index (χ1v) is 12.6. The minimum atomic E-state index is -2.00. The molecule has 0 aliphatic rings. The van der Waals surface area contributed by atoms with Crippen LogP contribution >= 0.6 is 54.5 Å². The molecule has 200 valence electrons. The van der Waals surface area contributed by atoms with E-state index in [1.807, 2.05) is 28.7 Å². The topological polar surface area (TPSA) is 40.5 Å². The van der Waals surface area contributed by atoms with E-state index in [2.05, 4.69) is 31.9 Å². The fourth-order valence-electron chi connectivity index (χ4n) is 2.63. The van der Waals surface area contributed by atoms with Gasteiger partial charge in [-0.1, -0.05) is 37.9 Å². The molecule has 0 heterocycles. The lowest BCUT2D eigenvalue weighted by Gasteiger charge is -2.05. The predicted molar refractivity (Wildman–Crippen MR) is 142 cm³/mol. The third-order valence-electron chi connectivity index (χ3n) is 4.41. The van der Waals surface area contributed by atoms with E-state index in [0.29, 0.717) is 20.2 Å². The minimum absolute atomic E-state index is 0.00556. The van der Waals surface area contributed by atoms with Crippen molar-refractivity contribution in [2.75, 3.05) is 0 Å². The second kappa shape index (κ2) is 14.4. The van der Waals surface area contributed by atoms with E-state index in [4.69, 9.17) is 10.0 Å². The van der Waals surface area contributed by atoms with Crippen LogP contribution in [0.25, 0.3) is 11.1 Å². The van der Waals surface area contributed by atoms with Gasteiger partial charge in [-0.15, -0.1) is 0 Å². The molecule has 0 unspecified atom stereocenters. The first-order valence-electron chi connectivity index (χ1n) is 9.92. The van der Waals surface area contributed by atoms with Crippen molar-refractivity contribution >= 4 is 67.0 Å². The molecule has 38 heavy (non-hydrogen) atoms. The molecule has 0 spiro atoms. The molecule has 4 rings (SSSR count). The van der Waals surface area contributed by atoms with Gasteiger partial charge in [-0.3, -0.25) is 0 Å². The van der Waals surface area contributed by atoms with E-state index in [1.54, 1.807) is 6.07 Å². The zero-order valence-electron chi connectivity index (χ0n) is 18.4. The molecule has 4 aromatic rings. The van der Waals surface area contributed by atoms with E-state index in [1.165, 1.54) is 18.2 Å². The first kappa shape index (κ1) is 32.2. The number of hydrogen-bond acceptors (Lipinski definition) is 2. The van der Waals surface area contributed by atoms with Crippen LogP contribution in [-0.2, 0) is 0 Å². The Bertz CT molecular complexity index is 1400. The lowest BCUT2D eigenvalue weighted by molar-refractivity contribution is 0.421. The predicted octanol–water partition coefficient (Wildman–Crippen LogP) is 7.65. The van der Waals surface area contributed by atoms with Gasteiger partial charge >= 0.3 is 7.12 Å². The van der Waals surface area contributed by atoms with Gasteiger partial charge in [-0.05, 0) is 88.2 Å². The molecule has 0 aliphatic carbocycles. The number of rotatable bonds is 2. The smallest absolute Gasteiger partial charge is 0.423 e. The molecule has 0 aliphatic heterocycles. The molecule has 0 radical (unpaired) electrons. The standard InChI is InChI=1S/C12H5BrF4.C6H4BF3O2.C6H3BrFI/c13-7-1-2-8(9(14)5-7)6-3-10(15)12(17)11(16)4-6;8-4-1-3(7(11)12)2-5(9)6(4)10;7-4-1-2-6(9)5(8)3-4/h1-5H;1-2,11-12H;1-3H. The van der Waals surface area contributed by atoms with Crippen LogP contribution in [0.15, 0.2) is 69.6 Å². The van der Waals surface area contributed by atoms with Crippen LogP contribution < -0.4 is 5.46 Å². The highest BCUT2D eigenvalue weighted by molar-refractivity contribution is 14.1. The molecule has 0 saturated heterocycles. The summed E-state index contributed by atoms with van der Waals surface area (Å²) in [5.41, 5.74) is -0.469. The van der Waals surface area contributed by atoms with Gasteiger partial charge in [0.2, 0.25) is 0 Å². The van der Waals surface area contributed by atoms with Gasteiger partial charge in [0, 0.05) is 18.1 Å². The van der Waals surface area contributed by atoms with E-state index >= 15 is 0 Å². The van der Waals surface area contributed by atoms with Crippen molar-refractivity contribution in [2.45, 2.75) is 0 Å². The van der Waals surface area contributed by atoms with Crippen LogP contribution in [0.3, 0.4) is 0 Å². The van der Waals surface area contributed by atoms with Crippen molar-refractivity contribution in [3.8, 4) is 11.1 Å². The van der Waals surface area contributed by atoms with Crippen LogP contribution in [0.2, 0.25) is 0 Å². The van der Waals surface area contributed by atoms with Crippen molar-refractivity contribution in [3.05, 3.63) is 120 Å². The molecule has 0 amide bonds. The van der Waals surface area contributed by atoms with Gasteiger partial charge in [-0.2, -0.15) is 0 Å². The quantitative estimate of drug-likeness (QED) is 0.0722. The van der Waals surface area contributed by atoms with Crippen LogP contribution in [0.5, 0.6) is 0 Å². The molecular weight excluding hydrogens is 770 g/mol. The molecule has 4 aromatic carbocycles. The third-order valence-corrected chi connectivity index (χ3v) is 6.27. The summed E-state index contributed by atoms with van der Waals surface area (Å²) in [7, 11) is -2.00. The Morgan fingerprint density at radius 2 is 0.974 bits per heavy atom. The maximum Gasteiger partial charge on any atom is 0.488 e. The van der Waals surface area contributed by atoms with Crippen molar-refractivity contribution < 1.29 is 45.2 Å². The Balaban J connectivity index is 0.000000212. The van der Waals surface area contributed by atoms with Crippen molar-refractivity contribution in [2.24, 2.45) is 0 Å². The van der Waals surface area contributed by atoms with Gasteiger partial charge in [0.25, 0.3) is 0 Å². The highest BCUT2D eigenvalue weighted by Gasteiger charge is 2.17. The Morgan fingerprint density at radius 3 is 1.37 bits per heavy atom. The average Bonchev–Trinajstić information content (AvgIpc) is 2.83. The van der Waals surface area contributed by atoms with Crippen molar-refractivity contribution in [1.29, 1.82) is 0 Å². The van der Waals surface area contributed by atoms with Gasteiger partial charge in [0.05, 0.1) is 0 Å². The van der Waals surface area contributed by atoms with Gasteiger partial charge in [-0.25, -0.2) is 35.1 Å². The van der Waals surface area contributed by atoms with Gasteiger partial charge in [0.1, 0.15) is 11.6 Å². The van der Waals surface area contributed by atoms with Crippen molar-refractivity contribution in [1.82, 2.24) is 0 Å². The number of halogens is 11. The second-order valence-electron chi connectivity index (χ2n) is 7.11. The van der Waals surface area contributed by atoms with Crippen LogP contribution in [-0.4, -0.2) is 17.2 Å². The Labute approximate surface area is 241 Å². The maximum atomic E-state index is 13.5. The summed E-state index contributed by atoms with van der Waals surface area (Å²) in [5, 5.41) is 16.9. The molecule has 0 fully saturated rings. The normalized spacial score (nSPS) is 10.2. The zero-order valence-corrected chi connectivity index (χ0v) is 23.7. The highest BCUT2D eigenvalue weighted by atomic mass is 127. The summed E-state index contributed by atoms with van der Waals surface area (Å²) in [6.45, 7) is 0. The molecule has 2 N–H and O–H groups in total. The van der Waals surface area contributed by atoms with E-state index in [0.717, 1.165) is 22.7 Å². The molecule has 0 atom stereocenters. The van der Waals surface area contributed by atoms with Crippen LogP contribution in [0, 0.1) is 50.1 Å². The molecule has 0 aromatic heterocycles. The minimum Gasteiger partial charge on any atom is -0.423 e. The Kier molecular flexibility index (Phi) is 12.2. The summed E-state index contributed by atoms with van der Waals surface area (Å²) in [4.78, 5) is 0. The van der Waals surface area contributed by atoms with Crippen molar-refractivity contribution in [3.63, 3.8) is 0 Å². The molecule has 0 bridgehead atoms. The lowest BCUT2D eigenvalue weighted by atomic mass is 9.80. The molecule has 0 saturated carbocycles. The summed E-state index contributed by atoms with van der Waals surface area (Å²) in [6, 6.07) is 11.6. The number of benzene rings is 4. The summed E-state index contributed by atoms with van der Waals surface area (Å²) in [6.07, 6.45) is 0. The van der Waals surface area contributed by atoms with E-state index in [-0.39, 0.29) is 16.9 Å². The second-order valence-corrected chi connectivity index (χ2v) is 10.1. The van der Waals surface area contributed by atoms with Crippen LogP contribution in [0.4, 0.5) is 35.1 Å². The summed E-state index contributed by atoms with van der Waals surface area (Å²) >= 11 is 8.16. The first-order chi connectivity index (χ1) is 17.7. The molecular formula is C24H12BBr2F8IO2. The molecule has 14 heteroatoms. The monoisotopic (exact) mass is 780 g/mol. The maximum absolute atomic E-state index is 13.5. The van der Waals surface area contributed by atoms with Gasteiger partial charge in [0.15, 0.2) is 34.9 Å². The highest BCUT2D eigenvalue weighted by Crippen LogP contribution is 2.28. The summed E-state index contributed by atoms with van der Waals surface area (Å²) in [5.74, 6) is -9.60. The fraction of sp³-hybridized carbons (Fsp3) is 0. The zero-order chi connectivity index (χ0) is 28.7. The largest absolute Gasteiger partial charge is 0.488 e. The number of hydrogen-bond donors (Lipinski definition) is 2. The average molecular weight is 782 g/mol. The molecule has 2 nitrogen and oxygen atoms in total. The van der Waals surface area contributed by atoms with E-state index in [9.17, 15) is 35.1 Å².